The molecule has 0 bridgehead atoms. The van der Waals surface area contributed by atoms with Gasteiger partial charge in [0.2, 0.25) is 0 Å². The largest absolute Gasteiger partial charge is 0.370 e. The molecule has 1 aliphatic rings. The van der Waals surface area contributed by atoms with Crippen LogP contribution >= 0.6 is 11.8 Å². The van der Waals surface area contributed by atoms with Crippen LogP contribution in [0.3, 0.4) is 0 Å². The lowest BCUT2D eigenvalue weighted by Gasteiger charge is -2.24. The third-order valence-electron chi connectivity index (χ3n) is 3.06. The van der Waals surface area contributed by atoms with Crippen molar-refractivity contribution in [2.45, 2.75) is 19.9 Å². The van der Waals surface area contributed by atoms with Crippen LogP contribution in [0.5, 0.6) is 0 Å². The molecular weight excluding hydrogens is 216 g/mol. The predicted molar refractivity (Wildman–Crippen MR) is 73.2 cm³/mol. The van der Waals surface area contributed by atoms with Gasteiger partial charge in [0.05, 0.1) is 0 Å². The van der Waals surface area contributed by atoms with Gasteiger partial charge in [-0.2, -0.15) is 11.8 Å². The van der Waals surface area contributed by atoms with Crippen molar-refractivity contribution >= 4 is 17.4 Å². The molecule has 88 valence electrons. The van der Waals surface area contributed by atoms with Crippen LogP contribution in [-0.4, -0.2) is 24.6 Å². The van der Waals surface area contributed by atoms with Gasteiger partial charge in [-0.25, -0.2) is 0 Å². The maximum absolute atomic E-state index is 5.66. The Morgan fingerprint density at radius 2 is 2.19 bits per heavy atom. The summed E-state index contributed by atoms with van der Waals surface area (Å²) in [6, 6.07) is 6.60. The molecule has 16 heavy (non-hydrogen) atoms. The van der Waals surface area contributed by atoms with Gasteiger partial charge in [0.25, 0.3) is 0 Å². The fourth-order valence-electron chi connectivity index (χ4n) is 2.19. The van der Waals surface area contributed by atoms with Gasteiger partial charge in [-0.05, 0) is 36.3 Å². The van der Waals surface area contributed by atoms with Crippen molar-refractivity contribution in [2.75, 3.05) is 29.5 Å². The van der Waals surface area contributed by atoms with Crippen molar-refractivity contribution in [3.8, 4) is 0 Å². The minimum atomic E-state index is 0.636. The molecule has 2 N–H and O–H groups in total. The first-order valence-electron chi connectivity index (χ1n) is 5.93. The van der Waals surface area contributed by atoms with Gasteiger partial charge in [-0.15, -0.1) is 0 Å². The molecule has 0 aromatic heterocycles. The highest BCUT2D eigenvalue weighted by Crippen LogP contribution is 2.23. The van der Waals surface area contributed by atoms with E-state index in [1.54, 1.807) is 0 Å². The van der Waals surface area contributed by atoms with E-state index >= 15 is 0 Å². The second-order valence-corrected chi connectivity index (χ2v) is 5.50. The van der Waals surface area contributed by atoms with Gasteiger partial charge in [0, 0.05) is 31.1 Å². The molecule has 0 radical (unpaired) electrons. The van der Waals surface area contributed by atoms with Crippen LogP contribution in [0, 0.1) is 6.92 Å². The molecule has 3 heteroatoms. The van der Waals surface area contributed by atoms with Crippen LogP contribution in [0.25, 0.3) is 0 Å². The molecule has 1 aromatic carbocycles. The van der Waals surface area contributed by atoms with Crippen molar-refractivity contribution in [3.63, 3.8) is 0 Å². The zero-order chi connectivity index (χ0) is 11.4. The Kier molecular flexibility index (Phi) is 4.13. The number of aryl methyl sites for hydroxylation is 1. The first-order valence-corrected chi connectivity index (χ1v) is 7.09. The smallest absolute Gasteiger partial charge is 0.0396 e. The Bertz CT molecular complexity index is 344. The summed E-state index contributed by atoms with van der Waals surface area (Å²) in [7, 11) is 0. The van der Waals surface area contributed by atoms with Crippen molar-refractivity contribution in [1.82, 2.24) is 0 Å². The van der Waals surface area contributed by atoms with E-state index < -0.39 is 0 Å². The standard InChI is InChI=1S/C13H20N2S/c1-11-9-12(10-14)3-4-13(11)15-5-2-7-16-8-6-15/h3-4,9H,2,5-8,10,14H2,1H3. The van der Waals surface area contributed by atoms with E-state index in [4.69, 9.17) is 5.73 Å². The van der Waals surface area contributed by atoms with Gasteiger partial charge in [0.15, 0.2) is 0 Å². The molecule has 1 aromatic rings. The molecule has 2 rings (SSSR count). The Morgan fingerprint density at radius 3 is 2.94 bits per heavy atom. The molecule has 1 fully saturated rings. The summed E-state index contributed by atoms with van der Waals surface area (Å²) in [5, 5.41) is 0. The number of thioether (sulfide) groups is 1. The molecule has 1 heterocycles. The summed E-state index contributed by atoms with van der Waals surface area (Å²) in [4.78, 5) is 2.51. The number of hydrogen-bond donors (Lipinski definition) is 1. The van der Waals surface area contributed by atoms with Crippen LogP contribution < -0.4 is 10.6 Å². The lowest BCUT2D eigenvalue weighted by Crippen LogP contribution is -2.26. The Balaban J connectivity index is 2.18. The van der Waals surface area contributed by atoms with Crippen LogP contribution in [0.4, 0.5) is 5.69 Å². The number of hydrogen-bond acceptors (Lipinski definition) is 3. The fourth-order valence-corrected chi connectivity index (χ4v) is 3.07. The predicted octanol–water partition coefficient (Wildman–Crippen LogP) is 2.40. The van der Waals surface area contributed by atoms with Crippen molar-refractivity contribution in [1.29, 1.82) is 0 Å². The van der Waals surface area contributed by atoms with E-state index in [1.165, 1.54) is 47.8 Å². The summed E-state index contributed by atoms with van der Waals surface area (Å²) in [5.74, 6) is 2.55. The minimum Gasteiger partial charge on any atom is -0.370 e. The van der Waals surface area contributed by atoms with Gasteiger partial charge < -0.3 is 10.6 Å². The highest BCUT2D eigenvalue weighted by Gasteiger charge is 2.11. The Hall–Kier alpha value is -0.670. The zero-order valence-electron chi connectivity index (χ0n) is 9.91. The van der Waals surface area contributed by atoms with Crippen molar-refractivity contribution in [2.24, 2.45) is 5.73 Å². The van der Waals surface area contributed by atoms with Crippen molar-refractivity contribution in [3.05, 3.63) is 29.3 Å². The van der Waals surface area contributed by atoms with Gasteiger partial charge in [0.1, 0.15) is 0 Å². The highest BCUT2D eigenvalue weighted by atomic mass is 32.2. The Morgan fingerprint density at radius 1 is 1.31 bits per heavy atom. The number of anilines is 1. The van der Waals surface area contributed by atoms with Crippen molar-refractivity contribution < 1.29 is 0 Å². The second kappa shape index (κ2) is 5.60. The molecule has 2 nitrogen and oxygen atoms in total. The van der Waals surface area contributed by atoms with E-state index in [2.05, 4.69) is 41.8 Å². The maximum Gasteiger partial charge on any atom is 0.0396 e. The average molecular weight is 236 g/mol. The average Bonchev–Trinajstić information content (AvgIpc) is 2.57. The van der Waals surface area contributed by atoms with Gasteiger partial charge in [-0.1, -0.05) is 12.1 Å². The summed E-state index contributed by atoms with van der Waals surface area (Å²) < 4.78 is 0. The summed E-state index contributed by atoms with van der Waals surface area (Å²) in [6.45, 7) is 5.19. The highest BCUT2D eigenvalue weighted by molar-refractivity contribution is 7.99. The number of rotatable bonds is 2. The third-order valence-corrected chi connectivity index (χ3v) is 4.11. The molecule has 0 unspecified atom stereocenters. The molecule has 1 aliphatic heterocycles. The molecular formula is C13H20N2S. The normalized spacial score (nSPS) is 17.2. The van der Waals surface area contributed by atoms with Gasteiger partial charge in [-0.3, -0.25) is 0 Å². The van der Waals surface area contributed by atoms with E-state index in [9.17, 15) is 0 Å². The van der Waals surface area contributed by atoms with E-state index in [0.29, 0.717) is 6.54 Å². The number of benzene rings is 1. The first kappa shape index (κ1) is 11.8. The van der Waals surface area contributed by atoms with Gasteiger partial charge >= 0.3 is 0 Å². The molecule has 1 saturated heterocycles. The number of nitrogens with zero attached hydrogens (tertiary/aromatic N) is 1. The van der Waals surface area contributed by atoms with E-state index in [1.807, 2.05) is 0 Å². The van der Waals surface area contributed by atoms with Crippen LogP contribution in [-0.2, 0) is 6.54 Å². The minimum absolute atomic E-state index is 0.636. The third kappa shape index (κ3) is 2.71. The lowest BCUT2D eigenvalue weighted by molar-refractivity contribution is 0.812. The van der Waals surface area contributed by atoms with E-state index in [-0.39, 0.29) is 0 Å². The summed E-state index contributed by atoms with van der Waals surface area (Å²) in [6.07, 6.45) is 1.29. The Labute approximate surface area is 102 Å². The van der Waals surface area contributed by atoms with E-state index in [0.717, 1.165) is 0 Å². The topological polar surface area (TPSA) is 29.3 Å². The summed E-state index contributed by atoms with van der Waals surface area (Å²) in [5.41, 5.74) is 9.63. The monoisotopic (exact) mass is 236 g/mol. The lowest BCUT2D eigenvalue weighted by atomic mass is 10.1. The zero-order valence-corrected chi connectivity index (χ0v) is 10.7. The second-order valence-electron chi connectivity index (χ2n) is 4.28. The van der Waals surface area contributed by atoms with Crippen LogP contribution in [0.1, 0.15) is 17.5 Å². The number of nitrogens with two attached hydrogens (primary N) is 1. The maximum atomic E-state index is 5.66. The molecule has 0 spiro atoms. The SMILES string of the molecule is Cc1cc(CN)ccc1N1CCCSCC1. The molecule has 0 aliphatic carbocycles. The summed E-state index contributed by atoms with van der Waals surface area (Å²) >= 11 is 2.07. The first-order chi connectivity index (χ1) is 7.81. The molecule has 0 amide bonds. The molecule has 0 saturated carbocycles. The van der Waals surface area contributed by atoms with Crippen LogP contribution in [0.2, 0.25) is 0 Å². The van der Waals surface area contributed by atoms with Crippen LogP contribution in [0.15, 0.2) is 18.2 Å². The fraction of sp³-hybridized carbons (Fsp3) is 0.538. The quantitative estimate of drug-likeness (QED) is 0.855. The molecule has 0 atom stereocenters.